The van der Waals surface area contributed by atoms with Crippen LogP contribution in [0.15, 0.2) is 12.7 Å². The van der Waals surface area contributed by atoms with Crippen molar-refractivity contribution in [2.75, 3.05) is 0 Å². The van der Waals surface area contributed by atoms with Crippen LogP contribution in [0, 0.1) is 17.8 Å². The van der Waals surface area contributed by atoms with Crippen molar-refractivity contribution in [2.24, 2.45) is 17.8 Å². The minimum atomic E-state index is -0.655. The smallest absolute Gasteiger partial charge is 0.330 e. The van der Waals surface area contributed by atoms with Gasteiger partial charge in [0.2, 0.25) is 0 Å². The highest BCUT2D eigenvalue weighted by molar-refractivity contribution is 5.81. The van der Waals surface area contributed by atoms with E-state index in [9.17, 15) is 9.90 Å². The molecule has 3 aliphatic rings. The van der Waals surface area contributed by atoms with E-state index in [4.69, 9.17) is 9.47 Å². The number of carbonyl (C=O) groups excluding carboxylic acids is 1. The third kappa shape index (κ3) is 1.18. The SMILES string of the molecule is C=CC(=O)OC1C2CC3C(O)OC1C3C2. The first-order chi connectivity index (χ1) is 7.20. The molecule has 3 fully saturated rings. The fourth-order valence-electron chi connectivity index (χ4n) is 3.42. The molecule has 6 unspecified atom stereocenters. The van der Waals surface area contributed by atoms with Crippen LogP contribution >= 0.6 is 0 Å². The molecule has 15 heavy (non-hydrogen) atoms. The van der Waals surface area contributed by atoms with Crippen molar-refractivity contribution in [2.45, 2.75) is 31.3 Å². The number of rotatable bonds is 2. The van der Waals surface area contributed by atoms with Gasteiger partial charge in [-0.05, 0) is 24.7 Å². The lowest BCUT2D eigenvalue weighted by Gasteiger charge is -2.25. The van der Waals surface area contributed by atoms with E-state index >= 15 is 0 Å². The minimum Gasteiger partial charge on any atom is -0.456 e. The quantitative estimate of drug-likeness (QED) is 0.531. The van der Waals surface area contributed by atoms with Crippen LogP contribution in [-0.2, 0) is 14.3 Å². The number of carbonyl (C=O) groups is 1. The van der Waals surface area contributed by atoms with Crippen molar-refractivity contribution in [3.63, 3.8) is 0 Å². The molecule has 1 aliphatic heterocycles. The average Bonchev–Trinajstić information content (AvgIpc) is 2.81. The van der Waals surface area contributed by atoms with Crippen LogP contribution in [0.3, 0.4) is 0 Å². The zero-order valence-electron chi connectivity index (χ0n) is 8.33. The van der Waals surface area contributed by atoms with Gasteiger partial charge in [0.15, 0.2) is 6.29 Å². The Bertz CT molecular complexity index is 314. The van der Waals surface area contributed by atoms with E-state index in [1.54, 1.807) is 0 Å². The molecule has 3 rings (SSSR count). The molecule has 1 N–H and O–H groups in total. The number of esters is 1. The van der Waals surface area contributed by atoms with Gasteiger partial charge in [0.1, 0.15) is 12.2 Å². The molecule has 0 aromatic carbocycles. The van der Waals surface area contributed by atoms with Crippen molar-refractivity contribution in [1.82, 2.24) is 0 Å². The standard InChI is InChI=1S/C11H14O4/c1-2-8(12)14-9-5-3-6-7(4-5)11(13)15-10(6)9/h2,5-7,9-11,13H,1,3-4H2. The van der Waals surface area contributed by atoms with Crippen LogP contribution in [0.4, 0.5) is 0 Å². The van der Waals surface area contributed by atoms with Gasteiger partial charge in [0.05, 0.1) is 0 Å². The molecule has 1 saturated heterocycles. The summed E-state index contributed by atoms with van der Waals surface area (Å²) in [5.41, 5.74) is 0. The third-order valence-corrected chi connectivity index (χ3v) is 3.99. The Morgan fingerprint density at radius 2 is 2.20 bits per heavy atom. The Morgan fingerprint density at radius 1 is 1.47 bits per heavy atom. The largest absolute Gasteiger partial charge is 0.456 e. The molecular formula is C11H14O4. The Hall–Kier alpha value is -0.870. The van der Waals surface area contributed by atoms with E-state index in [0.717, 1.165) is 12.8 Å². The summed E-state index contributed by atoms with van der Waals surface area (Å²) in [5, 5.41) is 9.62. The van der Waals surface area contributed by atoms with Gasteiger partial charge in [0, 0.05) is 12.0 Å². The highest BCUT2D eigenvalue weighted by Gasteiger charge is 2.62. The maximum Gasteiger partial charge on any atom is 0.330 e. The normalized spacial score (nSPS) is 50.7. The number of ether oxygens (including phenoxy) is 2. The highest BCUT2D eigenvalue weighted by Crippen LogP contribution is 2.56. The first kappa shape index (κ1) is 9.36. The molecule has 0 aromatic rings. The summed E-state index contributed by atoms with van der Waals surface area (Å²) in [5.74, 6) is 0.617. The van der Waals surface area contributed by atoms with Crippen LogP contribution in [0.1, 0.15) is 12.8 Å². The van der Waals surface area contributed by atoms with Gasteiger partial charge < -0.3 is 14.6 Å². The Kier molecular flexibility index (Phi) is 1.91. The maximum atomic E-state index is 11.1. The molecule has 2 bridgehead atoms. The van der Waals surface area contributed by atoms with Crippen LogP contribution in [-0.4, -0.2) is 29.6 Å². The van der Waals surface area contributed by atoms with Gasteiger partial charge in [-0.1, -0.05) is 6.58 Å². The molecule has 1 heterocycles. The lowest BCUT2D eigenvalue weighted by molar-refractivity contribution is -0.159. The van der Waals surface area contributed by atoms with E-state index in [1.807, 2.05) is 0 Å². The lowest BCUT2D eigenvalue weighted by atomic mass is 9.87. The number of hydrogen-bond donors (Lipinski definition) is 1. The zero-order valence-corrected chi connectivity index (χ0v) is 8.33. The highest BCUT2D eigenvalue weighted by atomic mass is 16.6. The van der Waals surface area contributed by atoms with Crippen LogP contribution in [0.25, 0.3) is 0 Å². The number of hydrogen-bond acceptors (Lipinski definition) is 4. The molecule has 0 spiro atoms. The van der Waals surface area contributed by atoms with Crippen LogP contribution < -0.4 is 0 Å². The Morgan fingerprint density at radius 3 is 2.93 bits per heavy atom. The van der Waals surface area contributed by atoms with E-state index in [-0.39, 0.29) is 18.1 Å². The number of aliphatic hydroxyl groups is 1. The van der Waals surface area contributed by atoms with Crippen LogP contribution in [0.5, 0.6) is 0 Å². The molecule has 0 radical (unpaired) electrons. The molecule has 6 atom stereocenters. The summed E-state index contributed by atoms with van der Waals surface area (Å²) in [7, 11) is 0. The van der Waals surface area contributed by atoms with E-state index in [1.165, 1.54) is 6.08 Å². The number of fused-ring (bicyclic) bond motifs is 1. The molecular weight excluding hydrogens is 196 g/mol. The second kappa shape index (κ2) is 3.06. The fraction of sp³-hybridized carbons (Fsp3) is 0.727. The predicted molar refractivity (Wildman–Crippen MR) is 50.7 cm³/mol. The van der Waals surface area contributed by atoms with Gasteiger partial charge in [-0.3, -0.25) is 0 Å². The van der Waals surface area contributed by atoms with Gasteiger partial charge in [-0.25, -0.2) is 4.79 Å². The molecule has 4 heteroatoms. The van der Waals surface area contributed by atoms with Crippen molar-refractivity contribution in [1.29, 1.82) is 0 Å². The molecule has 0 amide bonds. The van der Waals surface area contributed by atoms with E-state index in [2.05, 4.69) is 6.58 Å². The average molecular weight is 210 g/mol. The second-order valence-corrected chi connectivity index (χ2v) is 4.66. The maximum absolute atomic E-state index is 11.1. The van der Waals surface area contributed by atoms with Gasteiger partial charge >= 0.3 is 5.97 Å². The molecule has 4 nitrogen and oxygen atoms in total. The summed E-state index contributed by atoms with van der Waals surface area (Å²) in [6.07, 6.45) is 2.19. The summed E-state index contributed by atoms with van der Waals surface area (Å²) in [6.45, 7) is 3.38. The van der Waals surface area contributed by atoms with Gasteiger partial charge in [-0.2, -0.15) is 0 Å². The Balaban J connectivity index is 1.78. The van der Waals surface area contributed by atoms with Gasteiger partial charge in [-0.15, -0.1) is 0 Å². The zero-order chi connectivity index (χ0) is 10.6. The minimum absolute atomic E-state index is 0.0901. The molecule has 0 aromatic heterocycles. The second-order valence-electron chi connectivity index (χ2n) is 4.66. The fourth-order valence-corrected chi connectivity index (χ4v) is 3.42. The third-order valence-electron chi connectivity index (χ3n) is 3.99. The van der Waals surface area contributed by atoms with Crippen molar-refractivity contribution >= 4 is 5.97 Å². The molecule has 2 saturated carbocycles. The van der Waals surface area contributed by atoms with Crippen molar-refractivity contribution in [3.8, 4) is 0 Å². The summed E-state index contributed by atoms with van der Waals surface area (Å²) in [6, 6.07) is 0. The molecule has 2 aliphatic carbocycles. The van der Waals surface area contributed by atoms with Crippen molar-refractivity contribution in [3.05, 3.63) is 12.7 Å². The monoisotopic (exact) mass is 210 g/mol. The van der Waals surface area contributed by atoms with E-state index in [0.29, 0.717) is 11.8 Å². The first-order valence-electron chi connectivity index (χ1n) is 5.37. The first-order valence-corrected chi connectivity index (χ1v) is 5.37. The van der Waals surface area contributed by atoms with Crippen LogP contribution in [0.2, 0.25) is 0 Å². The van der Waals surface area contributed by atoms with Gasteiger partial charge in [0.25, 0.3) is 0 Å². The summed E-state index contributed by atoms with van der Waals surface area (Å²) in [4.78, 5) is 11.1. The van der Waals surface area contributed by atoms with E-state index < -0.39 is 12.3 Å². The lowest BCUT2D eigenvalue weighted by Crippen LogP contribution is -2.35. The van der Waals surface area contributed by atoms with Crippen molar-refractivity contribution < 1.29 is 19.4 Å². The molecule has 82 valence electrons. The summed E-state index contributed by atoms with van der Waals surface area (Å²) < 4.78 is 10.7. The Labute approximate surface area is 87.9 Å². The topological polar surface area (TPSA) is 55.8 Å². The number of aliphatic hydroxyl groups excluding tert-OH is 1. The predicted octanol–water partition coefficient (Wildman–Crippen LogP) is 0.457. The summed E-state index contributed by atoms with van der Waals surface area (Å²) >= 11 is 0.